The smallest absolute Gasteiger partial charge is 0.307 e. The van der Waals surface area contributed by atoms with Gasteiger partial charge in [-0.1, -0.05) is 44.2 Å². The lowest BCUT2D eigenvalue weighted by atomic mass is 10.1. The van der Waals surface area contributed by atoms with E-state index in [2.05, 4.69) is 46.5 Å². The summed E-state index contributed by atoms with van der Waals surface area (Å²) in [4.78, 5) is 15.9. The van der Waals surface area contributed by atoms with Crippen molar-refractivity contribution in [1.82, 2.24) is 20.8 Å². The number of amidine groups is 2. The van der Waals surface area contributed by atoms with Crippen molar-refractivity contribution in [3.05, 3.63) is 47.7 Å². The van der Waals surface area contributed by atoms with Crippen molar-refractivity contribution in [2.24, 2.45) is 16.0 Å². The van der Waals surface area contributed by atoms with E-state index in [1.165, 1.54) is 12.7 Å². The molecule has 3 rings (SSSR count). The van der Waals surface area contributed by atoms with E-state index >= 15 is 0 Å². The van der Waals surface area contributed by atoms with Crippen LogP contribution in [0, 0.1) is 5.92 Å². The van der Waals surface area contributed by atoms with Gasteiger partial charge in [-0.3, -0.25) is 20.2 Å². The highest BCUT2D eigenvalue weighted by Crippen LogP contribution is 2.24. The van der Waals surface area contributed by atoms with Gasteiger partial charge < -0.3 is 10.1 Å². The molecule has 0 saturated carbocycles. The van der Waals surface area contributed by atoms with Gasteiger partial charge in [-0.25, -0.2) is 5.01 Å². The zero-order valence-corrected chi connectivity index (χ0v) is 16.8. The lowest BCUT2D eigenvalue weighted by Crippen LogP contribution is -2.57. The van der Waals surface area contributed by atoms with Gasteiger partial charge in [0.2, 0.25) is 0 Å². The zero-order chi connectivity index (χ0) is 20.1. The van der Waals surface area contributed by atoms with Crippen LogP contribution in [-0.2, 0) is 16.1 Å². The third-order valence-corrected chi connectivity index (χ3v) is 4.63. The standard InChI is InChI=1S/C20H28N6O2/c1-14(2)20-25(3)24-19-16(22-13-15-8-6-5-7-9-15)12-17(23-26(19)20)21-11-10-18(27)28-4/h5-9,12,14,20,22H,10-11,13H2,1-4H3,(H,21,23). The van der Waals surface area contributed by atoms with Gasteiger partial charge in [0.15, 0.2) is 5.84 Å². The minimum absolute atomic E-state index is 0.0723. The first-order valence-corrected chi connectivity index (χ1v) is 9.48. The van der Waals surface area contributed by atoms with Crippen molar-refractivity contribution in [3.8, 4) is 0 Å². The monoisotopic (exact) mass is 384 g/mol. The molecule has 1 atom stereocenters. The molecule has 2 aliphatic rings. The number of benzene rings is 1. The highest BCUT2D eigenvalue weighted by Gasteiger charge is 2.38. The maximum atomic E-state index is 11.4. The molecule has 0 amide bonds. The molecule has 2 N–H and O–H groups in total. The molecule has 8 heteroatoms. The molecule has 0 fully saturated rings. The molecule has 0 aliphatic carbocycles. The number of hydrogen-bond acceptors (Lipinski definition) is 7. The number of nitrogens with zero attached hydrogens (tertiary/aromatic N) is 4. The number of esters is 1. The molecule has 1 aromatic rings. The summed E-state index contributed by atoms with van der Waals surface area (Å²) < 4.78 is 4.69. The van der Waals surface area contributed by atoms with E-state index in [0.29, 0.717) is 24.8 Å². The van der Waals surface area contributed by atoms with E-state index < -0.39 is 0 Å². The lowest BCUT2D eigenvalue weighted by molar-refractivity contribution is -0.140. The number of carbonyl (C=O) groups excluding carboxylic acids is 1. The quantitative estimate of drug-likeness (QED) is 0.696. The maximum absolute atomic E-state index is 11.4. The van der Waals surface area contributed by atoms with Gasteiger partial charge in [-0.05, 0) is 11.5 Å². The highest BCUT2D eigenvalue weighted by atomic mass is 16.5. The van der Waals surface area contributed by atoms with Crippen LogP contribution in [0.1, 0.15) is 25.8 Å². The molecular weight excluding hydrogens is 356 g/mol. The van der Waals surface area contributed by atoms with Gasteiger partial charge in [-0.15, -0.1) is 0 Å². The van der Waals surface area contributed by atoms with Crippen LogP contribution < -0.4 is 10.7 Å². The summed E-state index contributed by atoms with van der Waals surface area (Å²) in [5.41, 5.74) is 5.42. The number of hydrazine groups is 1. The predicted octanol–water partition coefficient (Wildman–Crippen LogP) is 1.68. The van der Waals surface area contributed by atoms with Gasteiger partial charge in [0.05, 0.1) is 25.8 Å². The SMILES string of the molecule is COC(=O)CCN=C1C=C(NCc2ccccc2)C2=NN(C)C(C(C)C)N2N1. The van der Waals surface area contributed by atoms with Gasteiger partial charge >= 0.3 is 5.97 Å². The average Bonchev–Trinajstić information content (AvgIpc) is 3.02. The number of methoxy groups -OCH3 is 1. The second-order valence-corrected chi connectivity index (χ2v) is 7.13. The Labute approximate surface area is 165 Å². The Bertz CT molecular complexity index is 787. The molecule has 0 saturated heterocycles. The third kappa shape index (κ3) is 4.44. The van der Waals surface area contributed by atoms with E-state index in [4.69, 9.17) is 5.10 Å². The normalized spacial score (nSPS) is 19.9. The topological polar surface area (TPSA) is 81.6 Å². The minimum atomic E-state index is -0.269. The van der Waals surface area contributed by atoms with Crippen molar-refractivity contribution in [1.29, 1.82) is 0 Å². The fraction of sp³-hybridized carbons (Fsp3) is 0.450. The van der Waals surface area contributed by atoms with Crippen LogP contribution in [0.15, 0.2) is 52.2 Å². The summed E-state index contributed by atoms with van der Waals surface area (Å²) in [6, 6.07) is 10.2. The number of fused-ring (bicyclic) bond motifs is 1. The fourth-order valence-electron chi connectivity index (χ4n) is 3.31. The number of carbonyl (C=O) groups is 1. The average molecular weight is 384 g/mol. The van der Waals surface area contributed by atoms with Gasteiger partial charge in [0.25, 0.3) is 0 Å². The number of nitrogens with one attached hydrogen (secondary N) is 2. The largest absolute Gasteiger partial charge is 0.469 e. The molecule has 28 heavy (non-hydrogen) atoms. The van der Waals surface area contributed by atoms with Crippen LogP contribution >= 0.6 is 0 Å². The van der Waals surface area contributed by atoms with Gasteiger partial charge in [0, 0.05) is 19.7 Å². The van der Waals surface area contributed by atoms with Crippen molar-refractivity contribution >= 4 is 17.6 Å². The van der Waals surface area contributed by atoms with Crippen LogP contribution in [0.4, 0.5) is 0 Å². The Morgan fingerprint density at radius 2 is 2.11 bits per heavy atom. The van der Waals surface area contributed by atoms with Crippen LogP contribution in [0.3, 0.4) is 0 Å². The van der Waals surface area contributed by atoms with Crippen molar-refractivity contribution in [2.45, 2.75) is 33.0 Å². The number of hydrazone groups is 1. The molecular formula is C20H28N6O2. The summed E-state index contributed by atoms with van der Waals surface area (Å²) in [7, 11) is 3.36. The van der Waals surface area contributed by atoms with Crippen LogP contribution in [0.5, 0.6) is 0 Å². The Morgan fingerprint density at radius 1 is 1.36 bits per heavy atom. The van der Waals surface area contributed by atoms with Crippen molar-refractivity contribution in [3.63, 3.8) is 0 Å². The first-order valence-electron chi connectivity index (χ1n) is 9.48. The second kappa shape index (κ2) is 8.77. The molecule has 0 spiro atoms. The lowest BCUT2D eigenvalue weighted by Gasteiger charge is -2.36. The van der Waals surface area contributed by atoms with Crippen LogP contribution in [0.2, 0.25) is 0 Å². The number of ether oxygens (including phenoxy) is 1. The summed E-state index contributed by atoms with van der Waals surface area (Å²) >= 11 is 0. The molecule has 0 bridgehead atoms. The molecule has 150 valence electrons. The molecule has 0 aromatic heterocycles. The van der Waals surface area contributed by atoms with Gasteiger partial charge in [0.1, 0.15) is 12.0 Å². The first kappa shape index (κ1) is 19.7. The van der Waals surface area contributed by atoms with E-state index in [1.54, 1.807) is 0 Å². The predicted molar refractivity (Wildman–Crippen MR) is 109 cm³/mol. The Kier molecular flexibility index (Phi) is 6.18. The third-order valence-electron chi connectivity index (χ3n) is 4.63. The van der Waals surface area contributed by atoms with E-state index in [9.17, 15) is 4.79 Å². The summed E-state index contributed by atoms with van der Waals surface area (Å²) in [6.45, 7) is 5.36. The van der Waals surface area contributed by atoms with E-state index in [-0.39, 0.29) is 18.6 Å². The molecule has 1 aromatic carbocycles. The van der Waals surface area contributed by atoms with Crippen molar-refractivity contribution in [2.75, 3.05) is 20.7 Å². The fourth-order valence-corrected chi connectivity index (χ4v) is 3.31. The summed E-state index contributed by atoms with van der Waals surface area (Å²) in [5, 5.41) is 12.2. The van der Waals surface area contributed by atoms with E-state index in [0.717, 1.165) is 11.5 Å². The summed E-state index contributed by atoms with van der Waals surface area (Å²) in [6.07, 6.45) is 2.26. The Hall–Kier alpha value is -3.03. The molecule has 0 radical (unpaired) electrons. The highest BCUT2D eigenvalue weighted by molar-refractivity contribution is 6.10. The first-order chi connectivity index (χ1) is 13.5. The number of rotatable bonds is 7. The number of hydrogen-bond donors (Lipinski definition) is 2. The molecule has 2 heterocycles. The second-order valence-electron chi connectivity index (χ2n) is 7.13. The molecule has 2 aliphatic heterocycles. The number of aliphatic imine (C=N–C) groups is 1. The zero-order valence-electron chi connectivity index (χ0n) is 16.8. The Balaban J connectivity index is 1.80. The van der Waals surface area contributed by atoms with Crippen molar-refractivity contribution < 1.29 is 9.53 Å². The van der Waals surface area contributed by atoms with Crippen LogP contribution in [0.25, 0.3) is 0 Å². The maximum Gasteiger partial charge on any atom is 0.307 e. The minimum Gasteiger partial charge on any atom is -0.469 e. The van der Waals surface area contributed by atoms with E-state index in [1.807, 2.05) is 41.3 Å². The summed E-state index contributed by atoms with van der Waals surface area (Å²) in [5.74, 6) is 1.61. The van der Waals surface area contributed by atoms with Gasteiger partial charge in [-0.2, -0.15) is 5.10 Å². The molecule has 8 nitrogen and oxygen atoms in total. The van der Waals surface area contributed by atoms with Crippen LogP contribution in [-0.4, -0.2) is 54.5 Å². The molecule has 1 unspecified atom stereocenters. The Morgan fingerprint density at radius 3 is 2.79 bits per heavy atom.